The lowest BCUT2D eigenvalue weighted by Gasteiger charge is -2.44. The minimum atomic E-state index is -2.51. The van der Waals surface area contributed by atoms with Crippen LogP contribution in [0.1, 0.15) is 91.9 Å². The molecule has 5 nitrogen and oxygen atoms in total. The first kappa shape index (κ1) is 28.6. The van der Waals surface area contributed by atoms with Crippen molar-refractivity contribution in [2.75, 3.05) is 6.54 Å². The van der Waals surface area contributed by atoms with Crippen molar-refractivity contribution >= 4 is 23.4 Å². The number of piperidine rings is 1. The van der Waals surface area contributed by atoms with Crippen molar-refractivity contribution in [1.29, 1.82) is 10.8 Å². The van der Waals surface area contributed by atoms with Crippen LogP contribution < -0.4 is 5.32 Å². The molecule has 0 aromatic rings. The van der Waals surface area contributed by atoms with Gasteiger partial charge in [0.25, 0.3) is 0 Å². The number of alkyl halides is 2. The highest BCUT2D eigenvalue weighted by Crippen LogP contribution is 2.41. The van der Waals surface area contributed by atoms with E-state index >= 15 is 0 Å². The zero-order chi connectivity index (χ0) is 26.9. The van der Waals surface area contributed by atoms with Gasteiger partial charge in [-0.05, 0) is 64.2 Å². The average molecular weight is 536 g/mol. The van der Waals surface area contributed by atoms with Crippen molar-refractivity contribution in [3.05, 3.63) is 23.3 Å². The molecule has 4 atom stereocenters. The lowest BCUT2D eigenvalue weighted by atomic mass is 9.84. The van der Waals surface area contributed by atoms with E-state index in [1.54, 1.807) is 0 Å². The standard InChI is InChI=1S/C29H47F2N5S/c1-18(2)28(33)36(21(5)32)25-16-23-7-8-24(17-25)35(23)15-12-26(27-9-6-19(3)37-27)34-20(4)22-10-13-29(30,31)14-11-22/h9,18-19,22-26,32-34H,4,6-8,10-17H2,1-3,5H3/t19?,23?,24?,25?,26-/m0/s1. The van der Waals surface area contributed by atoms with Crippen molar-refractivity contribution < 1.29 is 8.78 Å². The molecule has 0 aromatic carbocycles. The predicted molar refractivity (Wildman–Crippen MR) is 152 cm³/mol. The van der Waals surface area contributed by atoms with E-state index in [-0.39, 0.29) is 36.8 Å². The maximum absolute atomic E-state index is 13.7. The summed E-state index contributed by atoms with van der Waals surface area (Å²) in [5, 5.41) is 21.2. The molecule has 37 heavy (non-hydrogen) atoms. The molecule has 2 saturated heterocycles. The summed E-state index contributed by atoms with van der Waals surface area (Å²) in [5.41, 5.74) is 0.938. The number of nitrogens with one attached hydrogen (secondary N) is 3. The minimum Gasteiger partial charge on any atom is -0.381 e. The van der Waals surface area contributed by atoms with E-state index in [1.807, 2.05) is 37.4 Å². The number of hydrogen-bond acceptors (Lipinski definition) is 5. The molecule has 3 fully saturated rings. The van der Waals surface area contributed by atoms with Crippen LogP contribution in [0.3, 0.4) is 0 Å². The molecule has 0 radical (unpaired) electrons. The summed E-state index contributed by atoms with van der Waals surface area (Å²) in [6.45, 7) is 13.5. The molecule has 3 heterocycles. The molecule has 208 valence electrons. The molecule has 0 aromatic heterocycles. The second-order valence-corrected chi connectivity index (χ2v) is 13.7. The Morgan fingerprint density at radius 1 is 1.19 bits per heavy atom. The SMILES string of the molecule is C=C(N[C@@H](CCN1C2CCC1CC(N(C(C)=N)C(=N)C(C)C)C2)C1=CCC(C)S1)C1CCC(F)(F)CC1. The van der Waals surface area contributed by atoms with Gasteiger partial charge in [-0.3, -0.25) is 15.7 Å². The number of hydrogen-bond donors (Lipinski definition) is 3. The average Bonchev–Trinajstić information content (AvgIpc) is 3.35. The molecule has 8 heteroatoms. The predicted octanol–water partition coefficient (Wildman–Crippen LogP) is 7.01. The highest BCUT2D eigenvalue weighted by atomic mass is 32.2. The van der Waals surface area contributed by atoms with Crippen LogP contribution in [0.2, 0.25) is 0 Å². The first-order chi connectivity index (χ1) is 17.4. The van der Waals surface area contributed by atoms with Crippen LogP contribution in [-0.2, 0) is 0 Å². The summed E-state index contributed by atoms with van der Waals surface area (Å²) in [5.74, 6) is -1.22. The second kappa shape index (κ2) is 11.8. The molecule has 4 rings (SSSR count). The Bertz CT molecular complexity index is 879. The van der Waals surface area contributed by atoms with Gasteiger partial charge in [-0.15, -0.1) is 11.8 Å². The van der Waals surface area contributed by atoms with Gasteiger partial charge in [0.2, 0.25) is 5.92 Å². The molecule has 4 aliphatic rings. The van der Waals surface area contributed by atoms with E-state index in [0.29, 0.717) is 41.8 Å². The topological polar surface area (TPSA) is 66.2 Å². The molecular weight excluding hydrogens is 488 g/mol. The van der Waals surface area contributed by atoms with Crippen LogP contribution in [0.25, 0.3) is 0 Å². The highest BCUT2D eigenvalue weighted by Gasteiger charge is 2.44. The summed E-state index contributed by atoms with van der Waals surface area (Å²) in [6.07, 6.45) is 9.80. The van der Waals surface area contributed by atoms with Crippen LogP contribution >= 0.6 is 11.8 Å². The first-order valence-corrected chi connectivity index (χ1v) is 15.2. The molecule has 1 aliphatic carbocycles. The maximum atomic E-state index is 13.7. The third kappa shape index (κ3) is 6.78. The van der Waals surface area contributed by atoms with Crippen LogP contribution in [0, 0.1) is 22.7 Å². The minimum absolute atomic E-state index is 0.0314. The molecule has 3 N–H and O–H groups in total. The largest absolute Gasteiger partial charge is 0.381 e. The van der Waals surface area contributed by atoms with Crippen molar-refractivity contribution in [2.24, 2.45) is 11.8 Å². The van der Waals surface area contributed by atoms with Gasteiger partial charge in [-0.1, -0.05) is 33.4 Å². The fourth-order valence-electron chi connectivity index (χ4n) is 6.88. The van der Waals surface area contributed by atoms with E-state index < -0.39 is 5.92 Å². The van der Waals surface area contributed by atoms with Crippen LogP contribution in [0.4, 0.5) is 8.78 Å². The van der Waals surface area contributed by atoms with Gasteiger partial charge in [0, 0.05) is 59.3 Å². The summed E-state index contributed by atoms with van der Waals surface area (Å²) >= 11 is 1.94. The van der Waals surface area contributed by atoms with Gasteiger partial charge in [-0.2, -0.15) is 0 Å². The Labute approximate surface area is 226 Å². The van der Waals surface area contributed by atoms with Gasteiger partial charge in [0.15, 0.2) is 0 Å². The summed E-state index contributed by atoms with van der Waals surface area (Å²) in [6, 6.07) is 1.43. The van der Waals surface area contributed by atoms with E-state index in [9.17, 15) is 8.78 Å². The molecule has 0 spiro atoms. The van der Waals surface area contributed by atoms with Gasteiger partial charge >= 0.3 is 0 Å². The Morgan fingerprint density at radius 3 is 2.32 bits per heavy atom. The maximum Gasteiger partial charge on any atom is 0.248 e. The molecule has 2 bridgehead atoms. The van der Waals surface area contributed by atoms with Gasteiger partial charge in [0.05, 0.1) is 11.9 Å². The first-order valence-electron chi connectivity index (χ1n) is 14.3. The zero-order valence-electron chi connectivity index (χ0n) is 23.2. The third-order valence-electron chi connectivity index (χ3n) is 8.97. The van der Waals surface area contributed by atoms with Gasteiger partial charge in [0.1, 0.15) is 5.84 Å². The van der Waals surface area contributed by atoms with Gasteiger partial charge < -0.3 is 10.2 Å². The number of nitrogens with zero attached hydrogens (tertiary/aromatic N) is 2. The number of halogens is 2. The molecule has 3 aliphatic heterocycles. The Hall–Kier alpha value is -1.41. The lowest BCUT2D eigenvalue weighted by molar-refractivity contribution is -0.0426. The van der Waals surface area contributed by atoms with E-state index in [1.165, 1.54) is 17.7 Å². The fourth-order valence-corrected chi connectivity index (χ4v) is 8.07. The van der Waals surface area contributed by atoms with E-state index in [4.69, 9.17) is 10.8 Å². The third-order valence-corrected chi connectivity index (χ3v) is 10.3. The van der Waals surface area contributed by atoms with Crippen molar-refractivity contribution in [1.82, 2.24) is 15.1 Å². The lowest BCUT2D eigenvalue weighted by Crippen LogP contribution is -2.54. The Kier molecular flexibility index (Phi) is 9.09. The highest BCUT2D eigenvalue weighted by molar-refractivity contribution is 8.03. The van der Waals surface area contributed by atoms with Crippen LogP contribution in [0.5, 0.6) is 0 Å². The monoisotopic (exact) mass is 535 g/mol. The van der Waals surface area contributed by atoms with Crippen molar-refractivity contribution in [3.63, 3.8) is 0 Å². The molecule has 1 saturated carbocycles. The number of fused-ring (bicyclic) bond motifs is 2. The Balaban J connectivity index is 1.38. The van der Waals surface area contributed by atoms with Crippen molar-refractivity contribution in [2.45, 2.75) is 127 Å². The number of amidine groups is 2. The summed E-state index contributed by atoms with van der Waals surface area (Å²) in [7, 11) is 0. The quantitative estimate of drug-likeness (QED) is 0.219. The molecule has 3 unspecified atom stereocenters. The zero-order valence-corrected chi connectivity index (χ0v) is 24.0. The number of thioether (sulfide) groups is 1. The molecule has 0 amide bonds. The van der Waals surface area contributed by atoms with Crippen molar-refractivity contribution in [3.8, 4) is 0 Å². The fraction of sp³-hybridized carbons (Fsp3) is 0.793. The normalized spacial score (nSPS) is 30.7. The second-order valence-electron chi connectivity index (χ2n) is 12.2. The number of allylic oxidation sites excluding steroid dienone is 2. The van der Waals surface area contributed by atoms with E-state index in [0.717, 1.165) is 37.9 Å². The smallest absolute Gasteiger partial charge is 0.248 e. The van der Waals surface area contributed by atoms with E-state index in [2.05, 4.69) is 29.8 Å². The molecular formula is C29H47F2N5S. The van der Waals surface area contributed by atoms with Crippen LogP contribution in [0.15, 0.2) is 23.3 Å². The summed E-state index contributed by atoms with van der Waals surface area (Å²) in [4.78, 5) is 6.05. The number of rotatable bonds is 9. The van der Waals surface area contributed by atoms with Crippen LogP contribution in [-0.4, -0.2) is 63.4 Å². The van der Waals surface area contributed by atoms with Gasteiger partial charge in [-0.25, -0.2) is 8.78 Å². The Morgan fingerprint density at radius 2 is 1.81 bits per heavy atom. The summed E-state index contributed by atoms with van der Waals surface area (Å²) < 4.78 is 27.4.